The molecule has 6 heteroatoms. The number of carbonyl (C=O) groups is 1. The smallest absolute Gasteiger partial charge is 0.276 e. The van der Waals surface area contributed by atoms with Gasteiger partial charge in [0.1, 0.15) is 5.76 Å². The largest absolute Gasteiger partial charge is 0.360 e. The van der Waals surface area contributed by atoms with E-state index >= 15 is 0 Å². The van der Waals surface area contributed by atoms with Crippen LogP contribution in [0.3, 0.4) is 0 Å². The van der Waals surface area contributed by atoms with Crippen LogP contribution in [0.5, 0.6) is 0 Å². The summed E-state index contributed by atoms with van der Waals surface area (Å²) in [5, 5.41) is 8.36. The summed E-state index contributed by atoms with van der Waals surface area (Å²) in [5.74, 6) is 1.34. The van der Waals surface area contributed by atoms with Gasteiger partial charge in [-0.3, -0.25) is 9.48 Å². The Morgan fingerprint density at radius 1 is 1.44 bits per heavy atom. The second-order valence-corrected chi connectivity index (χ2v) is 8.28. The standard InChI is InChI=1S/C19H28N4O2/c1-12-13(10-20-23(12)6)11-22(5)18(24)17-15-9-14(19(2,3)4)7-8-16(15)25-21-17/h10,14H,7-9,11H2,1-6H3. The fourth-order valence-electron chi connectivity index (χ4n) is 3.52. The van der Waals surface area contributed by atoms with E-state index in [1.807, 2.05) is 24.9 Å². The summed E-state index contributed by atoms with van der Waals surface area (Å²) in [5.41, 5.74) is 3.81. The van der Waals surface area contributed by atoms with Crippen molar-refractivity contribution < 1.29 is 9.32 Å². The first kappa shape index (κ1) is 17.7. The van der Waals surface area contributed by atoms with Crippen LogP contribution in [-0.2, 0) is 26.4 Å². The molecular weight excluding hydrogens is 316 g/mol. The number of hydrogen-bond acceptors (Lipinski definition) is 4. The van der Waals surface area contributed by atoms with E-state index in [1.54, 1.807) is 11.9 Å². The van der Waals surface area contributed by atoms with Gasteiger partial charge in [-0.25, -0.2) is 0 Å². The molecule has 0 saturated carbocycles. The number of rotatable bonds is 3. The molecule has 0 fully saturated rings. The van der Waals surface area contributed by atoms with Crippen LogP contribution in [0.15, 0.2) is 10.7 Å². The first-order valence-corrected chi connectivity index (χ1v) is 8.89. The summed E-state index contributed by atoms with van der Waals surface area (Å²) in [6, 6.07) is 0. The van der Waals surface area contributed by atoms with Gasteiger partial charge in [-0.15, -0.1) is 0 Å². The summed E-state index contributed by atoms with van der Waals surface area (Å²) in [6.07, 6.45) is 4.63. The Morgan fingerprint density at radius 2 is 2.16 bits per heavy atom. The van der Waals surface area contributed by atoms with Gasteiger partial charge in [0.2, 0.25) is 0 Å². The maximum absolute atomic E-state index is 12.9. The van der Waals surface area contributed by atoms with Crippen molar-refractivity contribution in [2.75, 3.05) is 7.05 Å². The van der Waals surface area contributed by atoms with E-state index in [1.165, 1.54) is 0 Å². The molecule has 25 heavy (non-hydrogen) atoms. The van der Waals surface area contributed by atoms with Gasteiger partial charge in [0, 0.05) is 43.9 Å². The third kappa shape index (κ3) is 3.34. The Bertz CT molecular complexity index is 782. The summed E-state index contributed by atoms with van der Waals surface area (Å²) in [7, 11) is 3.71. The van der Waals surface area contributed by atoms with Crippen LogP contribution in [-0.4, -0.2) is 32.8 Å². The molecule has 2 aromatic rings. The Kier molecular flexibility index (Phi) is 4.47. The molecule has 0 bridgehead atoms. The molecule has 1 aliphatic carbocycles. The maximum atomic E-state index is 12.9. The fourth-order valence-corrected chi connectivity index (χ4v) is 3.52. The molecule has 0 spiro atoms. The van der Waals surface area contributed by atoms with Gasteiger partial charge in [0.25, 0.3) is 5.91 Å². The zero-order valence-electron chi connectivity index (χ0n) is 16.1. The van der Waals surface area contributed by atoms with Crippen molar-refractivity contribution in [1.29, 1.82) is 0 Å². The number of aromatic nitrogens is 3. The molecule has 1 atom stereocenters. The highest BCUT2D eigenvalue weighted by molar-refractivity contribution is 5.93. The molecule has 0 aromatic carbocycles. The first-order valence-electron chi connectivity index (χ1n) is 8.89. The maximum Gasteiger partial charge on any atom is 0.276 e. The van der Waals surface area contributed by atoms with E-state index in [-0.39, 0.29) is 11.3 Å². The molecule has 0 radical (unpaired) electrons. The highest BCUT2D eigenvalue weighted by Gasteiger charge is 2.34. The second kappa shape index (κ2) is 6.32. The molecule has 2 heterocycles. The molecule has 6 nitrogen and oxygen atoms in total. The highest BCUT2D eigenvalue weighted by Crippen LogP contribution is 2.38. The average molecular weight is 344 g/mol. The summed E-state index contributed by atoms with van der Waals surface area (Å²) < 4.78 is 7.30. The van der Waals surface area contributed by atoms with Gasteiger partial charge < -0.3 is 9.42 Å². The van der Waals surface area contributed by atoms with Gasteiger partial charge >= 0.3 is 0 Å². The van der Waals surface area contributed by atoms with Crippen molar-refractivity contribution in [3.63, 3.8) is 0 Å². The number of aryl methyl sites for hydroxylation is 2. The normalized spacial score (nSPS) is 17.4. The van der Waals surface area contributed by atoms with E-state index in [0.717, 1.165) is 41.8 Å². The first-order chi connectivity index (χ1) is 11.7. The summed E-state index contributed by atoms with van der Waals surface area (Å²) in [4.78, 5) is 14.6. The number of fused-ring (bicyclic) bond motifs is 1. The Labute approximate surface area is 149 Å². The van der Waals surface area contributed by atoms with Gasteiger partial charge in [0.05, 0.1) is 6.20 Å². The van der Waals surface area contributed by atoms with E-state index in [2.05, 4.69) is 31.0 Å². The Hall–Kier alpha value is -2.11. The molecule has 0 aliphatic heterocycles. The molecular formula is C19H28N4O2. The van der Waals surface area contributed by atoms with E-state index in [4.69, 9.17) is 4.52 Å². The summed E-state index contributed by atoms with van der Waals surface area (Å²) in [6.45, 7) is 9.30. The van der Waals surface area contributed by atoms with Gasteiger partial charge in [0.15, 0.2) is 5.69 Å². The van der Waals surface area contributed by atoms with Crippen molar-refractivity contribution in [2.45, 2.75) is 53.5 Å². The van der Waals surface area contributed by atoms with Crippen LogP contribution in [0.1, 0.15) is 60.3 Å². The van der Waals surface area contributed by atoms with Crippen LogP contribution in [0.2, 0.25) is 0 Å². The van der Waals surface area contributed by atoms with Crippen LogP contribution < -0.4 is 0 Å². The van der Waals surface area contributed by atoms with Crippen LogP contribution in [0.25, 0.3) is 0 Å². The third-order valence-corrected chi connectivity index (χ3v) is 5.56. The molecule has 0 N–H and O–H groups in total. The van der Waals surface area contributed by atoms with E-state index in [9.17, 15) is 4.79 Å². The number of amides is 1. The van der Waals surface area contributed by atoms with Crippen molar-refractivity contribution in [3.8, 4) is 0 Å². The van der Waals surface area contributed by atoms with Gasteiger partial charge in [-0.05, 0) is 31.1 Å². The molecule has 1 unspecified atom stereocenters. The van der Waals surface area contributed by atoms with Crippen molar-refractivity contribution >= 4 is 5.91 Å². The minimum Gasteiger partial charge on any atom is -0.360 e. The average Bonchev–Trinajstić information content (AvgIpc) is 3.11. The third-order valence-electron chi connectivity index (χ3n) is 5.56. The zero-order chi connectivity index (χ0) is 18.4. The minimum absolute atomic E-state index is 0.0807. The minimum atomic E-state index is -0.0807. The molecule has 3 rings (SSSR count). The molecule has 2 aromatic heterocycles. The topological polar surface area (TPSA) is 64.2 Å². The SMILES string of the molecule is Cc1c(CN(C)C(=O)c2noc3c2CC(C(C)(C)C)CC3)cnn1C. The highest BCUT2D eigenvalue weighted by atomic mass is 16.5. The van der Waals surface area contributed by atoms with Crippen molar-refractivity contribution in [1.82, 2.24) is 19.8 Å². The Morgan fingerprint density at radius 3 is 2.76 bits per heavy atom. The molecule has 1 aliphatic rings. The quantitative estimate of drug-likeness (QED) is 0.858. The number of nitrogens with zero attached hydrogens (tertiary/aromatic N) is 4. The van der Waals surface area contributed by atoms with Crippen LogP contribution in [0.4, 0.5) is 0 Å². The lowest BCUT2D eigenvalue weighted by atomic mass is 9.71. The van der Waals surface area contributed by atoms with Gasteiger partial charge in [-0.1, -0.05) is 25.9 Å². The summed E-state index contributed by atoms with van der Waals surface area (Å²) >= 11 is 0. The van der Waals surface area contributed by atoms with Crippen LogP contribution >= 0.6 is 0 Å². The van der Waals surface area contributed by atoms with Crippen molar-refractivity contribution in [2.24, 2.45) is 18.4 Å². The fraction of sp³-hybridized carbons (Fsp3) is 0.632. The van der Waals surface area contributed by atoms with Crippen LogP contribution in [0, 0.1) is 18.3 Å². The number of carbonyl (C=O) groups excluding carboxylic acids is 1. The lowest BCUT2D eigenvalue weighted by Gasteiger charge is -2.33. The Balaban J connectivity index is 1.80. The van der Waals surface area contributed by atoms with E-state index in [0.29, 0.717) is 18.2 Å². The monoisotopic (exact) mass is 344 g/mol. The molecule has 0 saturated heterocycles. The lowest BCUT2D eigenvalue weighted by Crippen LogP contribution is -2.30. The van der Waals surface area contributed by atoms with E-state index < -0.39 is 0 Å². The lowest BCUT2D eigenvalue weighted by molar-refractivity contribution is 0.0773. The predicted octanol–water partition coefficient (Wildman–Crippen LogP) is 3.14. The second-order valence-electron chi connectivity index (χ2n) is 8.28. The number of hydrogen-bond donors (Lipinski definition) is 0. The molecule has 136 valence electrons. The van der Waals surface area contributed by atoms with Gasteiger partial charge in [-0.2, -0.15) is 5.10 Å². The molecule has 1 amide bonds. The predicted molar refractivity (Wildman–Crippen MR) is 95.2 cm³/mol. The zero-order valence-corrected chi connectivity index (χ0v) is 16.1. The van der Waals surface area contributed by atoms with Crippen molar-refractivity contribution in [3.05, 3.63) is 34.5 Å².